The average Bonchev–Trinajstić information content (AvgIpc) is 2.98. The van der Waals surface area contributed by atoms with Gasteiger partial charge in [-0.05, 0) is 44.9 Å². The Bertz CT molecular complexity index is 428. The van der Waals surface area contributed by atoms with Crippen LogP contribution in [0.4, 0.5) is 0 Å². The van der Waals surface area contributed by atoms with Gasteiger partial charge in [-0.15, -0.1) is 0 Å². The summed E-state index contributed by atoms with van der Waals surface area (Å²) < 4.78 is 5.67. The topological polar surface area (TPSA) is 29.5 Å². The van der Waals surface area contributed by atoms with Gasteiger partial charge >= 0.3 is 0 Å². The minimum atomic E-state index is -0.951. The Labute approximate surface area is 96.3 Å². The highest BCUT2D eigenvalue weighted by Crippen LogP contribution is 2.26. The number of aliphatic hydroxyl groups is 1. The quantitative estimate of drug-likeness (QED) is 0.769. The van der Waals surface area contributed by atoms with E-state index in [0.717, 1.165) is 24.2 Å². The summed E-state index contributed by atoms with van der Waals surface area (Å²) in [6.45, 7) is 3.34. The van der Waals surface area contributed by atoms with E-state index in [1.165, 1.54) is 0 Å². The summed E-state index contributed by atoms with van der Waals surface area (Å²) >= 11 is 0. The molecule has 2 nitrogen and oxygen atoms in total. The Morgan fingerprint density at radius 2 is 2.12 bits per heavy atom. The predicted octanol–water partition coefficient (Wildman–Crippen LogP) is 2.35. The smallest absolute Gasteiger partial charge is 0.120 e. The standard InChI is InChI=1S/C14H16O2/c1-14(2,15)9-8-11-4-3-5-13(10-11)16-12-6-7-12/h3-5,10,12,15H,6-7H2,1-2H3. The normalized spacial score (nSPS) is 15.2. The molecule has 1 saturated carbocycles. The first-order valence-electron chi connectivity index (χ1n) is 5.55. The number of hydrogen-bond donors (Lipinski definition) is 1. The first-order chi connectivity index (χ1) is 7.53. The molecule has 1 aromatic carbocycles. The fourth-order valence-electron chi connectivity index (χ4n) is 1.25. The highest BCUT2D eigenvalue weighted by Gasteiger charge is 2.23. The molecule has 0 bridgehead atoms. The van der Waals surface area contributed by atoms with E-state index in [2.05, 4.69) is 11.8 Å². The molecule has 2 rings (SSSR count). The molecule has 0 unspecified atom stereocenters. The largest absolute Gasteiger partial charge is 0.490 e. The molecule has 0 heterocycles. The van der Waals surface area contributed by atoms with E-state index in [1.807, 2.05) is 24.3 Å². The van der Waals surface area contributed by atoms with Gasteiger partial charge in [0.05, 0.1) is 6.10 Å². The molecule has 1 aromatic rings. The zero-order valence-electron chi connectivity index (χ0n) is 9.66. The maximum atomic E-state index is 9.50. The van der Waals surface area contributed by atoms with Crippen molar-refractivity contribution in [2.45, 2.75) is 38.4 Å². The Balaban J connectivity index is 2.11. The van der Waals surface area contributed by atoms with Crippen LogP contribution in [0.2, 0.25) is 0 Å². The van der Waals surface area contributed by atoms with Crippen molar-refractivity contribution in [2.24, 2.45) is 0 Å². The summed E-state index contributed by atoms with van der Waals surface area (Å²) in [5, 5.41) is 9.50. The van der Waals surface area contributed by atoms with Crippen LogP contribution in [0, 0.1) is 11.8 Å². The van der Waals surface area contributed by atoms with Crippen LogP contribution in [0.3, 0.4) is 0 Å². The van der Waals surface area contributed by atoms with E-state index >= 15 is 0 Å². The second-order valence-electron chi connectivity index (χ2n) is 4.65. The van der Waals surface area contributed by atoms with Gasteiger partial charge < -0.3 is 9.84 Å². The van der Waals surface area contributed by atoms with Crippen molar-refractivity contribution in [3.05, 3.63) is 29.8 Å². The number of ether oxygens (including phenoxy) is 1. The van der Waals surface area contributed by atoms with Crippen molar-refractivity contribution in [2.75, 3.05) is 0 Å². The lowest BCUT2D eigenvalue weighted by Crippen LogP contribution is -2.14. The van der Waals surface area contributed by atoms with Crippen molar-refractivity contribution >= 4 is 0 Å². The molecule has 1 aliphatic rings. The molecule has 1 aliphatic carbocycles. The summed E-state index contributed by atoms with van der Waals surface area (Å²) in [5.41, 5.74) is -0.0758. The molecule has 1 N–H and O–H groups in total. The SMILES string of the molecule is CC(C)(O)C#Cc1cccc(OC2CC2)c1. The molecule has 0 aliphatic heterocycles. The first-order valence-corrected chi connectivity index (χ1v) is 5.55. The highest BCUT2D eigenvalue weighted by atomic mass is 16.5. The zero-order valence-corrected chi connectivity index (χ0v) is 9.66. The van der Waals surface area contributed by atoms with Crippen LogP contribution in [0.25, 0.3) is 0 Å². The highest BCUT2D eigenvalue weighted by molar-refractivity contribution is 5.41. The monoisotopic (exact) mass is 216 g/mol. The van der Waals surface area contributed by atoms with Crippen molar-refractivity contribution in [1.29, 1.82) is 0 Å². The summed E-state index contributed by atoms with van der Waals surface area (Å²) in [4.78, 5) is 0. The minimum absolute atomic E-state index is 0.400. The molecule has 84 valence electrons. The third kappa shape index (κ3) is 3.60. The van der Waals surface area contributed by atoms with Crippen LogP contribution < -0.4 is 4.74 Å². The van der Waals surface area contributed by atoms with Crippen LogP contribution in [0.15, 0.2) is 24.3 Å². The number of hydrogen-bond acceptors (Lipinski definition) is 2. The van der Waals surface area contributed by atoms with Crippen LogP contribution >= 0.6 is 0 Å². The minimum Gasteiger partial charge on any atom is -0.490 e. The van der Waals surface area contributed by atoms with Crippen LogP contribution in [0.5, 0.6) is 5.75 Å². The lowest BCUT2D eigenvalue weighted by atomic mass is 10.1. The van der Waals surface area contributed by atoms with Crippen molar-refractivity contribution in [3.63, 3.8) is 0 Å². The fourth-order valence-corrected chi connectivity index (χ4v) is 1.25. The third-order valence-electron chi connectivity index (χ3n) is 2.17. The molecule has 2 heteroatoms. The van der Waals surface area contributed by atoms with Gasteiger partial charge in [0.2, 0.25) is 0 Å². The van der Waals surface area contributed by atoms with E-state index in [9.17, 15) is 5.11 Å². The number of benzene rings is 1. The predicted molar refractivity (Wildman–Crippen MR) is 63.3 cm³/mol. The maximum absolute atomic E-state index is 9.50. The summed E-state index contributed by atoms with van der Waals surface area (Å²) in [6.07, 6.45) is 2.71. The molecular formula is C14H16O2. The van der Waals surface area contributed by atoms with Gasteiger partial charge in [-0.1, -0.05) is 17.9 Å². The van der Waals surface area contributed by atoms with Gasteiger partial charge in [0, 0.05) is 5.56 Å². The van der Waals surface area contributed by atoms with Gasteiger partial charge in [-0.25, -0.2) is 0 Å². The molecule has 0 amide bonds. The fraction of sp³-hybridized carbons (Fsp3) is 0.429. The lowest BCUT2D eigenvalue weighted by Gasteiger charge is -2.06. The van der Waals surface area contributed by atoms with Gasteiger partial charge in [0.25, 0.3) is 0 Å². The molecule has 16 heavy (non-hydrogen) atoms. The molecule has 0 saturated heterocycles. The van der Waals surface area contributed by atoms with Gasteiger partial charge in [0.1, 0.15) is 11.4 Å². The Morgan fingerprint density at radius 1 is 1.38 bits per heavy atom. The van der Waals surface area contributed by atoms with Gasteiger partial charge in [-0.2, -0.15) is 0 Å². The maximum Gasteiger partial charge on any atom is 0.120 e. The Kier molecular flexibility index (Phi) is 2.89. The summed E-state index contributed by atoms with van der Waals surface area (Å²) in [5.74, 6) is 6.59. The Hall–Kier alpha value is -1.46. The van der Waals surface area contributed by atoms with E-state index in [0.29, 0.717) is 6.10 Å². The third-order valence-corrected chi connectivity index (χ3v) is 2.17. The molecule has 1 fully saturated rings. The van der Waals surface area contributed by atoms with E-state index in [-0.39, 0.29) is 0 Å². The molecule has 0 spiro atoms. The summed E-state index contributed by atoms with van der Waals surface area (Å²) in [7, 11) is 0. The van der Waals surface area contributed by atoms with Crippen molar-refractivity contribution in [3.8, 4) is 17.6 Å². The van der Waals surface area contributed by atoms with Crippen LogP contribution in [-0.2, 0) is 0 Å². The molecule has 0 atom stereocenters. The first kappa shape index (κ1) is 11.0. The zero-order chi connectivity index (χ0) is 11.6. The van der Waals surface area contributed by atoms with Gasteiger partial charge in [-0.3, -0.25) is 0 Å². The number of rotatable bonds is 2. The van der Waals surface area contributed by atoms with Crippen LogP contribution in [0.1, 0.15) is 32.3 Å². The summed E-state index contributed by atoms with van der Waals surface area (Å²) in [6, 6.07) is 7.69. The molecule has 0 radical (unpaired) electrons. The lowest BCUT2D eigenvalue weighted by molar-refractivity contribution is 0.143. The second-order valence-corrected chi connectivity index (χ2v) is 4.65. The second kappa shape index (κ2) is 4.19. The van der Waals surface area contributed by atoms with Gasteiger partial charge in [0.15, 0.2) is 0 Å². The van der Waals surface area contributed by atoms with Crippen molar-refractivity contribution in [1.82, 2.24) is 0 Å². The van der Waals surface area contributed by atoms with Crippen molar-refractivity contribution < 1.29 is 9.84 Å². The molecular weight excluding hydrogens is 200 g/mol. The molecule has 0 aromatic heterocycles. The Morgan fingerprint density at radius 3 is 2.75 bits per heavy atom. The van der Waals surface area contributed by atoms with E-state index in [1.54, 1.807) is 13.8 Å². The van der Waals surface area contributed by atoms with Crippen LogP contribution in [-0.4, -0.2) is 16.8 Å². The average molecular weight is 216 g/mol. The van der Waals surface area contributed by atoms with E-state index < -0.39 is 5.60 Å². The van der Waals surface area contributed by atoms with E-state index in [4.69, 9.17) is 4.74 Å².